The zero-order valence-electron chi connectivity index (χ0n) is 20.5. The summed E-state index contributed by atoms with van der Waals surface area (Å²) in [5, 5.41) is 37.0. The molecule has 2 saturated heterocycles. The Morgan fingerprint density at radius 1 is 0.897 bits per heavy atom. The van der Waals surface area contributed by atoms with Crippen molar-refractivity contribution < 1.29 is 48.5 Å². The highest BCUT2D eigenvalue weighted by atomic mass is 127. The summed E-state index contributed by atoms with van der Waals surface area (Å²) in [4.78, 5) is 79.7. The normalized spacial score (nSPS) is 20.8. The number of ether oxygens (including phenoxy) is 1. The minimum absolute atomic E-state index is 0.168. The summed E-state index contributed by atoms with van der Waals surface area (Å²) in [6.45, 7) is 0.522. The fourth-order valence-corrected chi connectivity index (χ4v) is 2.84. The summed E-state index contributed by atoms with van der Waals surface area (Å²) in [5.41, 5.74) is -4.12. The second-order valence-corrected chi connectivity index (χ2v) is 8.05. The van der Waals surface area contributed by atoms with Crippen molar-refractivity contribution in [2.24, 2.45) is 0 Å². The number of carbonyl (C=O) groups is 7. The van der Waals surface area contributed by atoms with E-state index in [4.69, 9.17) is 4.74 Å². The summed E-state index contributed by atoms with van der Waals surface area (Å²) < 4.78 is 7.31. The van der Waals surface area contributed by atoms with Gasteiger partial charge in [-0.3, -0.25) is 20.2 Å². The van der Waals surface area contributed by atoms with Crippen molar-refractivity contribution in [3.05, 3.63) is 0 Å². The average molecular weight is 669 g/mol. The van der Waals surface area contributed by atoms with E-state index >= 15 is 0 Å². The van der Waals surface area contributed by atoms with Crippen molar-refractivity contribution in [2.45, 2.75) is 31.1 Å². The van der Waals surface area contributed by atoms with Crippen LogP contribution in [0.5, 0.6) is 0 Å². The lowest BCUT2D eigenvalue weighted by Crippen LogP contribution is -2.66. The van der Waals surface area contributed by atoms with E-state index in [0.29, 0.717) is 6.54 Å². The summed E-state index contributed by atoms with van der Waals surface area (Å²) in [7, 11) is 0. The van der Waals surface area contributed by atoms with Crippen molar-refractivity contribution in [2.75, 3.05) is 33.0 Å². The predicted octanol–water partition coefficient (Wildman–Crippen LogP) is -3.49. The molecule has 0 bridgehead atoms. The van der Waals surface area contributed by atoms with E-state index in [1.54, 1.807) is 0 Å². The quantitative estimate of drug-likeness (QED) is 0.0359. The van der Waals surface area contributed by atoms with Crippen LogP contribution >= 0.6 is 22.6 Å². The molecule has 2 aliphatic rings. The lowest BCUT2D eigenvalue weighted by Gasteiger charge is -2.26. The smallest absolute Gasteiger partial charge is 0.408 e. The SMILES string of the molecule is CCCCNC(=O)OCC#CI.O=C(NCNC(=O)NC1(CO)NC(=O)NC1=O)NC1(CO)NC(=O)NC1=O. The van der Waals surface area contributed by atoms with Crippen molar-refractivity contribution in [3.63, 3.8) is 0 Å². The first-order valence-corrected chi connectivity index (χ1v) is 12.2. The third-order valence-electron chi connectivity index (χ3n) is 4.65. The van der Waals surface area contributed by atoms with Crippen LogP contribution in [-0.4, -0.2) is 96.6 Å². The Morgan fingerprint density at radius 3 is 1.74 bits per heavy atom. The number of hydrogen-bond donors (Lipinski definition) is 11. The predicted molar refractivity (Wildman–Crippen MR) is 137 cm³/mol. The largest absolute Gasteiger partial charge is 0.436 e. The molecule has 11 N–H and O–H groups in total. The van der Waals surface area contributed by atoms with Gasteiger partial charge in [0.25, 0.3) is 11.8 Å². The minimum atomic E-state index is -2.06. The lowest BCUT2D eigenvalue weighted by atomic mass is 10.2. The molecule has 19 nitrogen and oxygen atoms in total. The average Bonchev–Trinajstić information content (AvgIpc) is 3.32. The van der Waals surface area contributed by atoms with Crippen molar-refractivity contribution in [1.29, 1.82) is 0 Å². The summed E-state index contributed by atoms with van der Waals surface area (Å²) in [5.74, 6) is 0.658. The minimum Gasteiger partial charge on any atom is -0.436 e. The number of carbonyl (C=O) groups excluding carboxylic acids is 7. The Morgan fingerprint density at radius 2 is 1.38 bits per heavy atom. The van der Waals surface area contributed by atoms with Crippen LogP contribution in [0.3, 0.4) is 0 Å². The van der Waals surface area contributed by atoms with Crippen LogP contribution in [0.2, 0.25) is 0 Å². The number of alkyl carbamates (subject to hydrolysis) is 1. The maximum absolute atomic E-state index is 11.8. The molecular weight excluding hydrogens is 641 g/mol. The molecule has 0 aromatic rings. The summed E-state index contributed by atoms with van der Waals surface area (Å²) in [6.07, 6.45) is 1.66. The zero-order valence-corrected chi connectivity index (χ0v) is 22.6. The molecule has 0 aliphatic carbocycles. The van der Waals surface area contributed by atoms with Gasteiger partial charge in [-0.05, 0) is 10.3 Å². The van der Waals surface area contributed by atoms with Gasteiger partial charge in [-0.15, -0.1) is 0 Å². The highest BCUT2D eigenvalue weighted by molar-refractivity contribution is 14.1. The number of nitrogens with one attached hydrogen (secondary N) is 9. The molecule has 0 saturated carbocycles. The molecule has 0 aromatic carbocycles. The van der Waals surface area contributed by atoms with Gasteiger partial charge in [-0.1, -0.05) is 19.3 Å². The number of aliphatic hydroxyl groups excluding tert-OH is 2. The Labute approximate surface area is 234 Å². The van der Waals surface area contributed by atoms with Crippen molar-refractivity contribution >= 4 is 64.6 Å². The Balaban J connectivity index is 0.000000534. The first kappa shape index (κ1) is 32.9. The highest BCUT2D eigenvalue weighted by Crippen LogP contribution is 2.06. The van der Waals surface area contributed by atoms with Gasteiger partial charge in [0.1, 0.15) is 0 Å². The maximum atomic E-state index is 11.8. The molecule has 2 fully saturated rings. The number of rotatable bonds is 10. The molecule has 2 atom stereocenters. The molecular formula is C19H28IN9O10. The van der Waals surface area contributed by atoms with Crippen LogP contribution < -0.4 is 47.9 Å². The number of urea groups is 4. The van der Waals surface area contributed by atoms with Gasteiger partial charge in [0.2, 0.25) is 11.3 Å². The van der Waals surface area contributed by atoms with E-state index in [-0.39, 0.29) is 12.7 Å². The molecule has 11 amide bonds. The van der Waals surface area contributed by atoms with Crippen LogP contribution in [0.4, 0.5) is 24.0 Å². The second kappa shape index (κ2) is 16.0. The van der Waals surface area contributed by atoms with E-state index in [2.05, 4.69) is 32.7 Å². The van der Waals surface area contributed by atoms with Crippen LogP contribution in [0, 0.1) is 9.85 Å². The lowest BCUT2D eigenvalue weighted by molar-refractivity contribution is -0.126. The Kier molecular flexibility index (Phi) is 13.5. The van der Waals surface area contributed by atoms with Crippen LogP contribution in [0.25, 0.3) is 0 Å². The zero-order chi connectivity index (χ0) is 29.5. The van der Waals surface area contributed by atoms with Gasteiger partial charge >= 0.3 is 30.2 Å². The van der Waals surface area contributed by atoms with Gasteiger partial charge in [0.15, 0.2) is 6.61 Å². The second-order valence-electron chi connectivity index (χ2n) is 7.51. The van der Waals surface area contributed by atoms with Crippen molar-refractivity contribution in [1.82, 2.24) is 47.9 Å². The fraction of sp³-hybridized carbons (Fsp3) is 0.526. The van der Waals surface area contributed by atoms with Crippen LogP contribution in [0.1, 0.15) is 19.8 Å². The van der Waals surface area contributed by atoms with Crippen LogP contribution in [-0.2, 0) is 14.3 Å². The molecule has 2 rings (SSSR count). The number of halogens is 1. The Hall–Kier alpha value is -4.10. The molecule has 39 heavy (non-hydrogen) atoms. The number of imide groups is 2. The number of aliphatic hydroxyl groups is 2. The highest BCUT2D eigenvalue weighted by Gasteiger charge is 2.48. The molecule has 0 aromatic heterocycles. The number of amides is 11. The van der Waals surface area contributed by atoms with E-state index in [9.17, 15) is 43.8 Å². The third-order valence-corrected chi connectivity index (χ3v) is 5.03. The van der Waals surface area contributed by atoms with Gasteiger partial charge in [0, 0.05) is 29.1 Å². The van der Waals surface area contributed by atoms with E-state index < -0.39 is 67.1 Å². The summed E-state index contributed by atoms with van der Waals surface area (Å²) >= 11 is 1.90. The summed E-state index contributed by atoms with van der Waals surface area (Å²) in [6, 6.07) is -3.91. The number of unbranched alkanes of at least 4 members (excludes halogenated alkanes) is 1. The molecule has 0 spiro atoms. The van der Waals surface area contributed by atoms with Gasteiger partial charge < -0.3 is 52.2 Å². The topological polar surface area (TPSA) is 277 Å². The van der Waals surface area contributed by atoms with E-state index in [0.717, 1.165) is 12.8 Å². The maximum Gasteiger partial charge on any atom is 0.408 e. The van der Waals surface area contributed by atoms with Gasteiger partial charge in [-0.25, -0.2) is 24.0 Å². The number of hydrogen-bond acceptors (Lipinski definition) is 10. The van der Waals surface area contributed by atoms with E-state index in [1.807, 2.05) is 54.5 Å². The molecule has 2 aliphatic heterocycles. The standard InChI is InChI=1S/C11H16N8O8.C8H12INO2/c20-1-10(4(22)14-8(26)18-10)16-6(24)12-3-13-7(25)17-11(2-21)5(23)15-9(27)19-11;1-2-3-6-10-8(11)12-7-4-5-9/h20-21H,1-3H2,(H2,12,16,24)(H2,13,17,25)(H2,14,18,22,26)(H2,15,19,23,27);2-3,6-7H2,1H3,(H,10,11). The van der Waals surface area contributed by atoms with Gasteiger partial charge in [0.05, 0.1) is 19.9 Å². The molecule has 20 heteroatoms. The van der Waals surface area contributed by atoms with E-state index in [1.165, 1.54) is 0 Å². The Bertz CT molecular complexity index is 975. The third kappa shape index (κ3) is 10.3. The molecule has 0 radical (unpaired) electrons. The fourth-order valence-electron chi connectivity index (χ4n) is 2.69. The van der Waals surface area contributed by atoms with Crippen molar-refractivity contribution in [3.8, 4) is 9.85 Å². The molecule has 2 heterocycles. The molecule has 216 valence electrons. The van der Waals surface area contributed by atoms with Gasteiger partial charge in [-0.2, -0.15) is 0 Å². The monoisotopic (exact) mass is 669 g/mol. The first-order valence-electron chi connectivity index (χ1n) is 11.1. The first-order chi connectivity index (χ1) is 18.5. The van der Waals surface area contributed by atoms with Crippen LogP contribution in [0.15, 0.2) is 0 Å². The molecule has 2 unspecified atom stereocenters.